The third-order valence-corrected chi connectivity index (χ3v) is 5.21. The van der Waals surface area contributed by atoms with Crippen LogP contribution in [-0.4, -0.2) is 27.3 Å². The van der Waals surface area contributed by atoms with Crippen LogP contribution in [0.3, 0.4) is 0 Å². The van der Waals surface area contributed by atoms with Crippen molar-refractivity contribution in [3.63, 3.8) is 0 Å². The van der Waals surface area contributed by atoms with Gasteiger partial charge in [0.15, 0.2) is 0 Å². The van der Waals surface area contributed by atoms with E-state index in [1.165, 1.54) is 22.7 Å². The number of phenolic OH excluding ortho intramolecular Hbond substituents is 1. The molecule has 0 aliphatic carbocycles. The second kappa shape index (κ2) is 7.35. The number of hydrogen-bond donors (Lipinski definition) is 1. The largest absolute Gasteiger partial charge is 0.507 e. The molecule has 8 heteroatoms. The summed E-state index contributed by atoms with van der Waals surface area (Å²) in [6, 6.07) is 11.9. The van der Waals surface area contributed by atoms with Gasteiger partial charge in [-0.2, -0.15) is 5.11 Å². The van der Waals surface area contributed by atoms with Gasteiger partial charge in [-0.3, -0.25) is 9.69 Å². The Kier molecular flexibility index (Phi) is 5.17. The third-order valence-electron chi connectivity index (χ3n) is 3.41. The number of azo groups is 1. The van der Waals surface area contributed by atoms with Gasteiger partial charge in [0.25, 0.3) is 5.91 Å². The Balaban J connectivity index is 1.90. The number of carbonyl (C=O) groups is 1. The van der Waals surface area contributed by atoms with Crippen LogP contribution in [0, 0.1) is 0 Å². The number of halogens is 1. The van der Waals surface area contributed by atoms with Crippen LogP contribution in [-0.2, 0) is 4.79 Å². The molecule has 0 bridgehead atoms. The normalized spacial score (nSPS) is 16.4. The van der Waals surface area contributed by atoms with E-state index in [2.05, 4.69) is 10.2 Å². The van der Waals surface area contributed by atoms with E-state index in [0.29, 0.717) is 31.2 Å². The number of carbonyl (C=O) groups excluding carboxylic acids is 1. The molecule has 1 aliphatic heterocycles. The first kappa shape index (κ1) is 17.6. The number of thiocarbonyl (C=S) groups is 1. The van der Waals surface area contributed by atoms with E-state index in [1.807, 2.05) is 12.1 Å². The summed E-state index contributed by atoms with van der Waals surface area (Å²) in [5, 5.41) is 18.8. The maximum absolute atomic E-state index is 12.1. The van der Waals surface area contributed by atoms with Crippen molar-refractivity contribution < 1.29 is 9.90 Å². The molecule has 0 radical (unpaired) electrons. The molecule has 0 atom stereocenters. The molecule has 1 fully saturated rings. The van der Waals surface area contributed by atoms with Gasteiger partial charge < -0.3 is 5.11 Å². The molecular formula is C17H12ClN3O2S2. The van der Waals surface area contributed by atoms with Gasteiger partial charge in [-0.1, -0.05) is 47.7 Å². The van der Waals surface area contributed by atoms with Crippen molar-refractivity contribution >= 4 is 63.3 Å². The predicted octanol–water partition coefficient (Wildman–Crippen LogP) is 5.29. The van der Waals surface area contributed by atoms with Gasteiger partial charge >= 0.3 is 0 Å². The van der Waals surface area contributed by atoms with E-state index >= 15 is 0 Å². The van der Waals surface area contributed by atoms with E-state index in [4.69, 9.17) is 23.8 Å². The van der Waals surface area contributed by atoms with Crippen molar-refractivity contribution in [2.45, 2.75) is 0 Å². The molecule has 1 saturated heterocycles. The first-order valence-corrected chi connectivity index (χ1v) is 8.77. The predicted molar refractivity (Wildman–Crippen MR) is 105 cm³/mol. The summed E-state index contributed by atoms with van der Waals surface area (Å²) in [5.41, 5.74) is 1.53. The number of benzene rings is 2. The second-order valence-corrected chi connectivity index (χ2v) is 7.22. The minimum Gasteiger partial charge on any atom is -0.507 e. The van der Waals surface area contributed by atoms with Gasteiger partial charge in [0, 0.05) is 12.6 Å². The Labute approximate surface area is 159 Å². The number of amides is 1. The van der Waals surface area contributed by atoms with Crippen molar-refractivity contribution in [1.29, 1.82) is 0 Å². The maximum Gasteiger partial charge on any atom is 0.265 e. The van der Waals surface area contributed by atoms with Crippen LogP contribution < -0.4 is 0 Å². The molecule has 0 aromatic heterocycles. The lowest BCUT2D eigenvalue weighted by molar-refractivity contribution is -0.121. The van der Waals surface area contributed by atoms with E-state index in [1.54, 1.807) is 37.4 Å². The van der Waals surface area contributed by atoms with Crippen LogP contribution in [0.1, 0.15) is 5.56 Å². The Bertz CT molecular complexity index is 928. The number of aromatic hydroxyl groups is 1. The Hall–Kier alpha value is -2.22. The summed E-state index contributed by atoms with van der Waals surface area (Å²) in [7, 11) is 1.62. The molecule has 2 aromatic carbocycles. The number of nitrogens with zero attached hydrogens (tertiary/aromatic N) is 3. The number of thioether (sulfide) groups is 1. The standard InChI is InChI=1S/C17H12ClN3O2S2/c1-21-16(23)15(25-17(21)24)9-10-8-11(6-7-14(10)22)19-20-13-5-3-2-4-12(13)18/h2-9,22H,1H3/b15-9+,20-19?. The fourth-order valence-electron chi connectivity index (χ4n) is 2.05. The summed E-state index contributed by atoms with van der Waals surface area (Å²) < 4.78 is 0.477. The number of likely N-dealkylation sites (N-methyl/N-ethyl adjacent to an activating group) is 1. The molecule has 0 unspecified atom stereocenters. The SMILES string of the molecule is CN1C(=O)/C(=C\c2cc(N=Nc3ccccc3Cl)ccc2O)SC1=S. The quantitative estimate of drug-likeness (QED) is 0.440. The number of hydrogen-bond acceptors (Lipinski definition) is 6. The van der Waals surface area contributed by atoms with Crippen LogP contribution in [0.4, 0.5) is 11.4 Å². The van der Waals surface area contributed by atoms with E-state index in [0.717, 1.165) is 0 Å². The van der Waals surface area contributed by atoms with Gasteiger partial charge in [0.2, 0.25) is 0 Å². The van der Waals surface area contributed by atoms with Gasteiger partial charge in [-0.25, -0.2) is 0 Å². The van der Waals surface area contributed by atoms with Crippen molar-refractivity contribution in [3.05, 3.63) is 58.0 Å². The van der Waals surface area contributed by atoms with Crippen LogP contribution in [0.15, 0.2) is 57.6 Å². The highest BCUT2D eigenvalue weighted by Gasteiger charge is 2.28. The Morgan fingerprint density at radius 1 is 1.24 bits per heavy atom. The van der Waals surface area contributed by atoms with E-state index in [9.17, 15) is 9.90 Å². The van der Waals surface area contributed by atoms with Gasteiger partial charge in [-0.05, 0) is 36.4 Å². The highest BCUT2D eigenvalue weighted by atomic mass is 35.5. The summed E-state index contributed by atoms with van der Waals surface area (Å²) in [6.45, 7) is 0. The minimum absolute atomic E-state index is 0.0399. The molecular weight excluding hydrogens is 378 g/mol. The fraction of sp³-hybridized carbons (Fsp3) is 0.0588. The van der Waals surface area contributed by atoms with Crippen LogP contribution in [0.2, 0.25) is 5.02 Å². The first-order valence-electron chi connectivity index (χ1n) is 7.16. The highest BCUT2D eigenvalue weighted by molar-refractivity contribution is 8.26. The lowest BCUT2D eigenvalue weighted by atomic mass is 10.1. The maximum atomic E-state index is 12.1. The summed E-state index contributed by atoms with van der Waals surface area (Å²) in [5.74, 6) is -0.157. The summed E-state index contributed by atoms with van der Waals surface area (Å²) in [6.07, 6.45) is 1.59. The Morgan fingerprint density at radius 2 is 2.00 bits per heavy atom. The number of phenols is 1. The van der Waals surface area contributed by atoms with Crippen LogP contribution in [0.25, 0.3) is 6.08 Å². The molecule has 0 saturated carbocycles. The van der Waals surface area contributed by atoms with Crippen LogP contribution >= 0.6 is 35.6 Å². The zero-order valence-corrected chi connectivity index (χ0v) is 15.4. The second-order valence-electron chi connectivity index (χ2n) is 5.14. The smallest absolute Gasteiger partial charge is 0.265 e. The fourth-order valence-corrected chi connectivity index (χ4v) is 3.39. The third kappa shape index (κ3) is 3.89. The average molecular weight is 390 g/mol. The first-order chi connectivity index (χ1) is 12.0. The van der Waals surface area contributed by atoms with E-state index < -0.39 is 0 Å². The van der Waals surface area contributed by atoms with Crippen molar-refractivity contribution in [2.75, 3.05) is 7.05 Å². The summed E-state index contributed by atoms with van der Waals surface area (Å²) >= 11 is 12.3. The minimum atomic E-state index is -0.197. The van der Waals surface area contributed by atoms with Crippen molar-refractivity contribution in [1.82, 2.24) is 4.90 Å². The molecule has 1 amide bonds. The highest BCUT2D eigenvalue weighted by Crippen LogP contribution is 2.34. The summed E-state index contributed by atoms with van der Waals surface area (Å²) in [4.78, 5) is 13.9. The zero-order chi connectivity index (χ0) is 18.0. The number of rotatable bonds is 3. The van der Waals surface area contributed by atoms with Crippen molar-refractivity contribution in [2.24, 2.45) is 10.2 Å². The molecule has 25 heavy (non-hydrogen) atoms. The molecule has 5 nitrogen and oxygen atoms in total. The average Bonchev–Trinajstić information content (AvgIpc) is 2.84. The molecule has 126 valence electrons. The zero-order valence-electron chi connectivity index (χ0n) is 13.0. The Morgan fingerprint density at radius 3 is 2.68 bits per heavy atom. The molecule has 0 spiro atoms. The van der Waals surface area contributed by atoms with Gasteiger partial charge in [0.1, 0.15) is 15.8 Å². The van der Waals surface area contributed by atoms with Crippen LogP contribution in [0.5, 0.6) is 5.75 Å². The van der Waals surface area contributed by atoms with Gasteiger partial charge in [-0.15, -0.1) is 5.11 Å². The lowest BCUT2D eigenvalue weighted by Crippen LogP contribution is -2.22. The molecule has 1 N–H and O–H groups in total. The lowest BCUT2D eigenvalue weighted by Gasteiger charge is -2.04. The topological polar surface area (TPSA) is 65.3 Å². The van der Waals surface area contributed by atoms with Gasteiger partial charge in [0.05, 0.1) is 15.6 Å². The monoisotopic (exact) mass is 389 g/mol. The molecule has 1 aliphatic rings. The molecule has 3 rings (SSSR count). The molecule has 1 heterocycles. The molecule has 2 aromatic rings. The van der Waals surface area contributed by atoms with Crippen molar-refractivity contribution in [3.8, 4) is 5.75 Å². The van der Waals surface area contributed by atoms with E-state index in [-0.39, 0.29) is 11.7 Å².